The van der Waals surface area contributed by atoms with Gasteiger partial charge in [0.25, 0.3) is 0 Å². The molecule has 0 spiro atoms. The van der Waals surface area contributed by atoms with Crippen molar-refractivity contribution in [2.45, 2.75) is 19.8 Å². The molecule has 0 radical (unpaired) electrons. The number of nitrogens with one attached hydrogen (secondary N) is 2. The number of urea groups is 1. The highest BCUT2D eigenvalue weighted by Crippen LogP contribution is 2.23. The minimum Gasteiger partial charge on any atom is -0.326 e. The molecule has 0 unspecified atom stereocenters. The first-order valence-electron chi connectivity index (χ1n) is 8.71. The van der Waals surface area contributed by atoms with Crippen molar-refractivity contribution >= 4 is 39.2 Å². The van der Waals surface area contributed by atoms with Gasteiger partial charge in [-0.1, -0.05) is 34.1 Å². The molecule has 1 aliphatic rings. The molecule has 0 aromatic heterocycles. The number of aryl methyl sites for hydroxylation is 1. The van der Waals surface area contributed by atoms with E-state index in [0.29, 0.717) is 25.9 Å². The molecule has 1 fully saturated rings. The molecular formula is C20H22BrN3O2. The zero-order chi connectivity index (χ0) is 18.5. The predicted octanol–water partition coefficient (Wildman–Crippen LogP) is 4.64. The van der Waals surface area contributed by atoms with E-state index in [-0.39, 0.29) is 17.9 Å². The van der Waals surface area contributed by atoms with Gasteiger partial charge < -0.3 is 15.5 Å². The monoisotopic (exact) mass is 415 g/mol. The Kier molecular flexibility index (Phi) is 5.93. The van der Waals surface area contributed by atoms with E-state index in [0.717, 1.165) is 21.4 Å². The van der Waals surface area contributed by atoms with Crippen LogP contribution in [0, 0.1) is 12.8 Å². The highest BCUT2D eigenvalue weighted by Gasteiger charge is 2.27. The summed E-state index contributed by atoms with van der Waals surface area (Å²) in [5, 5.41) is 5.90. The third kappa shape index (κ3) is 4.64. The number of piperidine rings is 1. The van der Waals surface area contributed by atoms with Crippen molar-refractivity contribution < 1.29 is 9.59 Å². The highest BCUT2D eigenvalue weighted by atomic mass is 79.9. The number of rotatable bonds is 3. The molecular weight excluding hydrogens is 394 g/mol. The summed E-state index contributed by atoms with van der Waals surface area (Å²) in [4.78, 5) is 26.6. The number of nitrogens with zero attached hydrogens (tertiary/aromatic N) is 1. The lowest BCUT2D eigenvalue weighted by Crippen LogP contribution is -2.43. The van der Waals surface area contributed by atoms with Crippen LogP contribution in [0.3, 0.4) is 0 Å². The summed E-state index contributed by atoms with van der Waals surface area (Å²) in [5.41, 5.74) is 2.64. The van der Waals surface area contributed by atoms with E-state index in [2.05, 4.69) is 26.6 Å². The highest BCUT2D eigenvalue weighted by molar-refractivity contribution is 9.10. The molecule has 3 amide bonds. The van der Waals surface area contributed by atoms with Crippen molar-refractivity contribution in [2.75, 3.05) is 23.7 Å². The molecule has 2 aromatic rings. The molecule has 26 heavy (non-hydrogen) atoms. The van der Waals surface area contributed by atoms with Crippen LogP contribution in [-0.2, 0) is 4.79 Å². The summed E-state index contributed by atoms with van der Waals surface area (Å²) in [6.07, 6.45) is 1.34. The van der Waals surface area contributed by atoms with Gasteiger partial charge in [-0.05, 0) is 55.7 Å². The molecule has 2 N–H and O–H groups in total. The zero-order valence-corrected chi connectivity index (χ0v) is 16.3. The van der Waals surface area contributed by atoms with Gasteiger partial charge in [0.15, 0.2) is 0 Å². The van der Waals surface area contributed by atoms with Crippen LogP contribution in [0.5, 0.6) is 0 Å². The first-order chi connectivity index (χ1) is 12.5. The van der Waals surface area contributed by atoms with Gasteiger partial charge in [0, 0.05) is 34.9 Å². The number of halogens is 1. The number of likely N-dealkylation sites (tertiary alicyclic amines) is 1. The molecule has 0 atom stereocenters. The third-order valence-electron chi connectivity index (χ3n) is 4.62. The lowest BCUT2D eigenvalue weighted by molar-refractivity contribution is -0.121. The first-order valence-corrected chi connectivity index (χ1v) is 9.50. The zero-order valence-electron chi connectivity index (χ0n) is 14.7. The van der Waals surface area contributed by atoms with Crippen LogP contribution < -0.4 is 10.6 Å². The maximum Gasteiger partial charge on any atom is 0.321 e. The summed E-state index contributed by atoms with van der Waals surface area (Å²) >= 11 is 3.43. The first kappa shape index (κ1) is 18.5. The van der Waals surface area contributed by atoms with E-state index in [9.17, 15) is 9.59 Å². The van der Waals surface area contributed by atoms with E-state index in [1.54, 1.807) is 4.90 Å². The Labute approximate surface area is 161 Å². The van der Waals surface area contributed by atoms with Crippen molar-refractivity contribution in [1.29, 1.82) is 0 Å². The maximum absolute atomic E-state index is 12.5. The van der Waals surface area contributed by atoms with Crippen LogP contribution in [0.4, 0.5) is 16.2 Å². The Hall–Kier alpha value is -2.34. The van der Waals surface area contributed by atoms with Gasteiger partial charge >= 0.3 is 6.03 Å². The summed E-state index contributed by atoms with van der Waals surface area (Å²) in [6.45, 7) is 3.13. The van der Waals surface area contributed by atoms with Crippen LogP contribution in [0.15, 0.2) is 53.0 Å². The van der Waals surface area contributed by atoms with Gasteiger partial charge in [-0.2, -0.15) is 0 Å². The molecule has 1 heterocycles. The molecule has 0 saturated carbocycles. The van der Waals surface area contributed by atoms with Crippen molar-refractivity contribution in [1.82, 2.24) is 4.90 Å². The Morgan fingerprint density at radius 1 is 1.04 bits per heavy atom. The number of carbonyl (C=O) groups is 2. The van der Waals surface area contributed by atoms with E-state index in [4.69, 9.17) is 0 Å². The lowest BCUT2D eigenvalue weighted by Gasteiger charge is -2.31. The van der Waals surface area contributed by atoms with Gasteiger partial charge in [0.05, 0.1) is 0 Å². The Morgan fingerprint density at radius 3 is 2.38 bits per heavy atom. The fourth-order valence-electron chi connectivity index (χ4n) is 3.07. The Morgan fingerprint density at radius 2 is 1.73 bits per heavy atom. The van der Waals surface area contributed by atoms with Crippen molar-refractivity contribution in [3.05, 3.63) is 58.6 Å². The molecule has 136 valence electrons. The third-order valence-corrected chi connectivity index (χ3v) is 5.12. The minimum absolute atomic E-state index is 0.0264. The number of benzene rings is 2. The molecule has 1 saturated heterocycles. The summed E-state index contributed by atoms with van der Waals surface area (Å²) in [7, 11) is 0. The van der Waals surface area contributed by atoms with E-state index in [1.165, 1.54) is 0 Å². The largest absolute Gasteiger partial charge is 0.326 e. The normalized spacial score (nSPS) is 14.8. The number of hydrogen-bond donors (Lipinski definition) is 2. The van der Waals surface area contributed by atoms with Gasteiger partial charge in [0.2, 0.25) is 5.91 Å². The van der Waals surface area contributed by atoms with Crippen LogP contribution in [-0.4, -0.2) is 29.9 Å². The molecule has 6 heteroatoms. The van der Waals surface area contributed by atoms with Gasteiger partial charge in [-0.25, -0.2) is 4.79 Å². The molecule has 3 rings (SSSR count). The van der Waals surface area contributed by atoms with Gasteiger partial charge in [0.1, 0.15) is 0 Å². The molecule has 1 aliphatic heterocycles. The number of anilines is 2. The summed E-state index contributed by atoms with van der Waals surface area (Å²) in [6, 6.07) is 15.1. The average molecular weight is 416 g/mol. The van der Waals surface area contributed by atoms with Crippen molar-refractivity contribution in [2.24, 2.45) is 5.92 Å². The Balaban J connectivity index is 1.51. The van der Waals surface area contributed by atoms with Gasteiger partial charge in [-0.3, -0.25) is 4.79 Å². The Bertz CT molecular complexity index is 787. The molecule has 0 aliphatic carbocycles. The molecule has 0 bridgehead atoms. The second kappa shape index (κ2) is 8.36. The van der Waals surface area contributed by atoms with E-state index < -0.39 is 0 Å². The second-order valence-corrected chi connectivity index (χ2v) is 7.42. The van der Waals surface area contributed by atoms with Crippen LogP contribution in [0.2, 0.25) is 0 Å². The van der Waals surface area contributed by atoms with E-state index >= 15 is 0 Å². The van der Waals surface area contributed by atoms with Crippen LogP contribution in [0.25, 0.3) is 0 Å². The maximum atomic E-state index is 12.5. The number of carbonyl (C=O) groups excluding carboxylic acids is 2. The quantitative estimate of drug-likeness (QED) is 0.766. The topological polar surface area (TPSA) is 61.4 Å². The SMILES string of the molecule is Cc1cc(Br)ccc1NC(=O)C1CCN(C(=O)Nc2ccccc2)CC1. The second-order valence-electron chi connectivity index (χ2n) is 6.51. The molecule has 2 aromatic carbocycles. The van der Waals surface area contributed by atoms with Gasteiger partial charge in [-0.15, -0.1) is 0 Å². The number of amides is 3. The fourth-order valence-corrected chi connectivity index (χ4v) is 3.55. The van der Waals surface area contributed by atoms with Crippen LogP contribution >= 0.6 is 15.9 Å². The number of para-hydroxylation sites is 1. The standard InChI is InChI=1S/C20H22BrN3O2/c1-14-13-16(21)7-8-18(14)23-19(25)15-9-11-24(12-10-15)20(26)22-17-5-3-2-4-6-17/h2-8,13,15H,9-12H2,1H3,(H,22,26)(H,23,25). The van der Waals surface area contributed by atoms with Crippen LogP contribution in [0.1, 0.15) is 18.4 Å². The summed E-state index contributed by atoms with van der Waals surface area (Å²) < 4.78 is 0.991. The lowest BCUT2D eigenvalue weighted by atomic mass is 9.96. The summed E-state index contributed by atoms with van der Waals surface area (Å²) in [5.74, 6) is -0.0441. The molecule has 5 nitrogen and oxygen atoms in total. The smallest absolute Gasteiger partial charge is 0.321 e. The average Bonchev–Trinajstić information content (AvgIpc) is 2.65. The number of hydrogen-bond acceptors (Lipinski definition) is 2. The van der Waals surface area contributed by atoms with Crippen molar-refractivity contribution in [3.63, 3.8) is 0 Å². The van der Waals surface area contributed by atoms with E-state index in [1.807, 2.05) is 55.5 Å². The minimum atomic E-state index is -0.112. The predicted molar refractivity (Wildman–Crippen MR) is 107 cm³/mol. The van der Waals surface area contributed by atoms with Crippen molar-refractivity contribution in [3.8, 4) is 0 Å². The fraction of sp³-hybridized carbons (Fsp3) is 0.300.